The van der Waals surface area contributed by atoms with Crippen molar-refractivity contribution in [3.63, 3.8) is 0 Å². The normalized spacial score (nSPS) is 18.2. The largest absolute Gasteiger partial charge is 0.378 e. The fourth-order valence-corrected chi connectivity index (χ4v) is 3.78. The second kappa shape index (κ2) is 8.61. The summed E-state index contributed by atoms with van der Waals surface area (Å²) in [5.41, 5.74) is 3.59. The zero-order valence-corrected chi connectivity index (χ0v) is 16.4. The van der Waals surface area contributed by atoms with E-state index in [1.807, 2.05) is 23.1 Å². The number of hydrogen-bond acceptors (Lipinski definition) is 5. The van der Waals surface area contributed by atoms with E-state index in [1.165, 1.54) is 0 Å². The van der Waals surface area contributed by atoms with Gasteiger partial charge >= 0.3 is 0 Å². The van der Waals surface area contributed by atoms with E-state index in [1.54, 1.807) is 6.20 Å². The topological polar surface area (TPSA) is 57.7 Å². The smallest absolute Gasteiger partial charge is 0.272 e. The van der Waals surface area contributed by atoms with Crippen LogP contribution in [-0.4, -0.2) is 55.2 Å². The molecule has 0 bridgehead atoms. The molecule has 2 aromatic rings. The average Bonchev–Trinajstić information content (AvgIpc) is 2.75. The molecule has 28 heavy (non-hydrogen) atoms. The van der Waals surface area contributed by atoms with Gasteiger partial charge in [0.1, 0.15) is 5.69 Å². The van der Waals surface area contributed by atoms with Crippen molar-refractivity contribution in [1.29, 1.82) is 0 Å². The summed E-state index contributed by atoms with van der Waals surface area (Å²) in [5.74, 6) is 0.738. The number of nitrogens with zero attached hydrogens (tertiary/aromatic N) is 3. The number of pyridine rings is 1. The molecule has 2 aliphatic rings. The Labute approximate surface area is 166 Å². The second-order valence-electron chi connectivity index (χ2n) is 7.65. The zero-order valence-electron chi connectivity index (χ0n) is 16.4. The lowest BCUT2D eigenvalue weighted by atomic mass is 9.99. The Morgan fingerprint density at radius 1 is 1.07 bits per heavy atom. The highest BCUT2D eigenvalue weighted by Gasteiger charge is 2.22. The Morgan fingerprint density at radius 3 is 2.54 bits per heavy atom. The summed E-state index contributed by atoms with van der Waals surface area (Å²) in [4.78, 5) is 21.3. The van der Waals surface area contributed by atoms with Crippen LogP contribution in [0, 0.1) is 5.92 Å². The van der Waals surface area contributed by atoms with Gasteiger partial charge in [0.15, 0.2) is 0 Å². The van der Waals surface area contributed by atoms with E-state index < -0.39 is 0 Å². The SMILES string of the molecule is CC1CCN(C(=O)c2ccc(Nc3ccccc3N3CCOCC3)cn2)CC1. The number of anilines is 3. The lowest BCUT2D eigenvalue weighted by Gasteiger charge is -2.30. The van der Waals surface area contributed by atoms with E-state index in [0.29, 0.717) is 11.6 Å². The summed E-state index contributed by atoms with van der Waals surface area (Å²) in [7, 11) is 0. The third-order valence-corrected chi connectivity index (χ3v) is 5.59. The number of ether oxygens (including phenoxy) is 1. The van der Waals surface area contributed by atoms with Gasteiger partial charge < -0.3 is 19.9 Å². The van der Waals surface area contributed by atoms with Crippen molar-refractivity contribution >= 4 is 23.0 Å². The molecule has 3 heterocycles. The molecule has 6 heteroatoms. The molecule has 148 valence electrons. The number of nitrogens with one attached hydrogen (secondary N) is 1. The van der Waals surface area contributed by atoms with Crippen LogP contribution in [0.5, 0.6) is 0 Å². The van der Waals surface area contributed by atoms with E-state index in [2.05, 4.69) is 40.3 Å². The van der Waals surface area contributed by atoms with Crippen molar-refractivity contribution in [1.82, 2.24) is 9.88 Å². The van der Waals surface area contributed by atoms with Crippen molar-refractivity contribution < 1.29 is 9.53 Å². The lowest BCUT2D eigenvalue weighted by Crippen LogP contribution is -2.38. The number of piperidine rings is 1. The summed E-state index contributed by atoms with van der Waals surface area (Å²) in [6.07, 6.45) is 3.89. The van der Waals surface area contributed by atoms with Crippen molar-refractivity contribution in [2.75, 3.05) is 49.6 Å². The van der Waals surface area contributed by atoms with Gasteiger partial charge in [0.2, 0.25) is 0 Å². The number of carbonyl (C=O) groups excluding carboxylic acids is 1. The first-order valence-corrected chi connectivity index (χ1v) is 10.1. The van der Waals surface area contributed by atoms with Gasteiger partial charge in [-0.3, -0.25) is 4.79 Å². The van der Waals surface area contributed by atoms with Gasteiger partial charge in [0, 0.05) is 26.2 Å². The van der Waals surface area contributed by atoms with Crippen LogP contribution in [-0.2, 0) is 4.74 Å². The van der Waals surface area contributed by atoms with Crippen molar-refractivity contribution in [2.24, 2.45) is 5.92 Å². The Hall–Kier alpha value is -2.60. The molecule has 6 nitrogen and oxygen atoms in total. The molecule has 0 radical (unpaired) electrons. The van der Waals surface area contributed by atoms with E-state index >= 15 is 0 Å². The van der Waals surface area contributed by atoms with Crippen LogP contribution in [0.15, 0.2) is 42.6 Å². The molecule has 2 saturated heterocycles. The molecule has 0 aliphatic carbocycles. The van der Waals surface area contributed by atoms with Crippen LogP contribution in [0.1, 0.15) is 30.3 Å². The maximum absolute atomic E-state index is 12.7. The zero-order chi connectivity index (χ0) is 19.3. The molecule has 0 unspecified atom stereocenters. The fourth-order valence-electron chi connectivity index (χ4n) is 3.78. The van der Waals surface area contributed by atoms with E-state index in [9.17, 15) is 4.79 Å². The molecule has 4 rings (SSSR count). The lowest BCUT2D eigenvalue weighted by molar-refractivity contribution is 0.0691. The summed E-state index contributed by atoms with van der Waals surface area (Å²) < 4.78 is 5.46. The van der Waals surface area contributed by atoms with Crippen LogP contribution in [0.3, 0.4) is 0 Å². The Kier molecular flexibility index (Phi) is 5.76. The van der Waals surface area contributed by atoms with Gasteiger partial charge in [-0.15, -0.1) is 0 Å². The molecule has 1 amide bonds. The molecule has 1 aromatic heterocycles. The highest BCUT2D eigenvalue weighted by Crippen LogP contribution is 2.29. The maximum Gasteiger partial charge on any atom is 0.272 e. The van der Waals surface area contributed by atoms with Gasteiger partial charge in [0.25, 0.3) is 5.91 Å². The van der Waals surface area contributed by atoms with Crippen molar-refractivity contribution in [3.05, 3.63) is 48.3 Å². The van der Waals surface area contributed by atoms with Gasteiger partial charge in [-0.2, -0.15) is 0 Å². The number of morpholine rings is 1. The number of likely N-dealkylation sites (tertiary alicyclic amines) is 1. The first-order chi connectivity index (χ1) is 13.7. The predicted molar refractivity (Wildman–Crippen MR) is 111 cm³/mol. The number of para-hydroxylation sites is 2. The molecular weight excluding hydrogens is 352 g/mol. The Bertz CT molecular complexity index is 794. The van der Waals surface area contributed by atoms with E-state index in [0.717, 1.165) is 69.3 Å². The molecule has 1 aromatic carbocycles. The number of amides is 1. The third-order valence-electron chi connectivity index (χ3n) is 5.59. The first-order valence-electron chi connectivity index (χ1n) is 10.1. The summed E-state index contributed by atoms with van der Waals surface area (Å²) >= 11 is 0. The van der Waals surface area contributed by atoms with Crippen LogP contribution >= 0.6 is 0 Å². The van der Waals surface area contributed by atoms with Gasteiger partial charge in [-0.25, -0.2) is 4.98 Å². The van der Waals surface area contributed by atoms with Crippen LogP contribution in [0.4, 0.5) is 17.1 Å². The average molecular weight is 380 g/mol. The number of aromatic nitrogens is 1. The molecule has 0 atom stereocenters. The summed E-state index contributed by atoms with van der Waals surface area (Å²) in [6.45, 7) is 7.18. The fraction of sp³-hybridized carbons (Fsp3) is 0.455. The summed E-state index contributed by atoms with van der Waals surface area (Å²) in [6, 6.07) is 12.0. The highest BCUT2D eigenvalue weighted by atomic mass is 16.5. The minimum absolute atomic E-state index is 0.0344. The van der Waals surface area contributed by atoms with Crippen LogP contribution in [0.2, 0.25) is 0 Å². The minimum Gasteiger partial charge on any atom is -0.378 e. The van der Waals surface area contributed by atoms with E-state index in [4.69, 9.17) is 4.74 Å². The minimum atomic E-state index is 0.0344. The first kappa shape index (κ1) is 18.7. The van der Waals surface area contributed by atoms with Crippen LogP contribution < -0.4 is 10.2 Å². The molecule has 0 spiro atoms. The molecule has 0 saturated carbocycles. The van der Waals surface area contributed by atoms with Crippen molar-refractivity contribution in [3.8, 4) is 0 Å². The third kappa shape index (κ3) is 4.28. The number of hydrogen-bond donors (Lipinski definition) is 1. The Morgan fingerprint density at radius 2 is 1.82 bits per heavy atom. The van der Waals surface area contributed by atoms with Gasteiger partial charge in [-0.05, 0) is 43.0 Å². The predicted octanol–water partition coefficient (Wildman–Crippen LogP) is 3.53. The van der Waals surface area contributed by atoms with Gasteiger partial charge in [0.05, 0.1) is 36.5 Å². The molecule has 2 fully saturated rings. The number of rotatable bonds is 4. The van der Waals surface area contributed by atoms with Gasteiger partial charge in [-0.1, -0.05) is 19.1 Å². The van der Waals surface area contributed by atoms with E-state index in [-0.39, 0.29) is 5.91 Å². The molecule has 1 N–H and O–H groups in total. The second-order valence-corrected chi connectivity index (χ2v) is 7.65. The monoisotopic (exact) mass is 380 g/mol. The molecular formula is C22H28N4O2. The summed E-state index contributed by atoms with van der Waals surface area (Å²) in [5, 5.41) is 3.45. The number of carbonyl (C=O) groups is 1. The molecule has 2 aliphatic heterocycles. The van der Waals surface area contributed by atoms with Crippen LogP contribution in [0.25, 0.3) is 0 Å². The van der Waals surface area contributed by atoms with Crippen molar-refractivity contribution in [2.45, 2.75) is 19.8 Å². The quantitative estimate of drug-likeness (QED) is 0.879. The number of benzene rings is 1. The maximum atomic E-state index is 12.7. The standard InChI is InChI=1S/C22H28N4O2/c1-17-8-10-26(11-9-17)22(27)20-7-6-18(16-23-20)24-19-4-2-3-5-21(19)25-12-14-28-15-13-25/h2-7,16-17,24H,8-15H2,1H3. The highest BCUT2D eigenvalue weighted by molar-refractivity contribution is 5.92. The Balaban J connectivity index is 1.44.